The number of alkyl halides is 3. The number of nitrogens with one attached hydrogen (secondary N) is 1. The van der Waals surface area contributed by atoms with Gasteiger partial charge in [0.05, 0.1) is 18.9 Å². The molecule has 1 aliphatic carbocycles. The van der Waals surface area contributed by atoms with Crippen LogP contribution in [-0.2, 0) is 20.9 Å². The van der Waals surface area contributed by atoms with Crippen molar-refractivity contribution >= 4 is 10.0 Å². The van der Waals surface area contributed by atoms with Crippen LogP contribution in [0.4, 0.5) is 13.2 Å². The molecule has 1 aromatic rings. The Morgan fingerprint density at radius 1 is 1.29 bits per heavy atom. The molecule has 10 heteroatoms. The van der Waals surface area contributed by atoms with Gasteiger partial charge in [-0.1, -0.05) is 6.92 Å². The number of sulfonamides is 1. The second-order valence-electron chi connectivity index (χ2n) is 8.84. The smallest absolute Gasteiger partial charge is 0.380 e. The van der Waals surface area contributed by atoms with Gasteiger partial charge >= 0.3 is 6.18 Å². The van der Waals surface area contributed by atoms with Gasteiger partial charge in [0.2, 0.25) is 10.0 Å². The van der Waals surface area contributed by atoms with Crippen molar-refractivity contribution in [2.24, 2.45) is 10.8 Å². The number of hydrogen-bond acceptors (Lipinski definition) is 5. The lowest BCUT2D eigenvalue weighted by Crippen LogP contribution is -2.67. The first-order valence-electron chi connectivity index (χ1n) is 9.29. The van der Waals surface area contributed by atoms with E-state index in [9.17, 15) is 21.6 Å². The highest BCUT2D eigenvalue weighted by Gasteiger charge is 2.56. The van der Waals surface area contributed by atoms with Crippen molar-refractivity contribution in [2.75, 3.05) is 32.8 Å². The van der Waals surface area contributed by atoms with Gasteiger partial charge in [0, 0.05) is 36.5 Å². The highest BCUT2D eigenvalue weighted by Crippen LogP contribution is 2.50. The average Bonchev–Trinajstić information content (AvgIpc) is 2.48. The van der Waals surface area contributed by atoms with Crippen LogP contribution in [-0.4, -0.2) is 56.6 Å². The summed E-state index contributed by atoms with van der Waals surface area (Å²) < 4.78 is 70.4. The third-order valence-corrected chi connectivity index (χ3v) is 7.97. The lowest BCUT2D eigenvalue weighted by molar-refractivity contribution is -0.141. The van der Waals surface area contributed by atoms with Crippen molar-refractivity contribution in [1.82, 2.24) is 14.6 Å². The molecule has 3 fully saturated rings. The van der Waals surface area contributed by atoms with E-state index in [0.29, 0.717) is 19.1 Å². The molecule has 156 valence electrons. The summed E-state index contributed by atoms with van der Waals surface area (Å²) in [6, 6.07) is 2.12. The number of rotatable bonds is 5. The summed E-state index contributed by atoms with van der Waals surface area (Å²) in [5.41, 5.74) is -1.01. The van der Waals surface area contributed by atoms with E-state index in [4.69, 9.17) is 4.74 Å². The topological polar surface area (TPSA) is 71.5 Å². The Labute approximate surface area is 162 Å². The number of nitrogens with zero attached hydrogens (tertiary/aromatic N) is 2. The zero-order chi connectivity index (χ0) is 20.4. The number of halogens is 3. The fourth-order valence-electron chi connectivity index (χ4n) is 4.32. The maximum absolute atomic E-state index is 12.8. The summed E-state index contributed by atoms with van der Waals surface area (Å²) in [5.74, 6) is 0. The normalized spacial score (nSPS) is 24.5. The van der Waals surface area contributed by atoms with Crippen molar-refractivity contribution in [3.05, 3.63) is 23.5 Å². The predicted octanol–water partition coefficient (Wildman–Crippen LogP) is 2.19. The molecule has 4 rings (SSSR count). The fraction of sp³-hybridized carbons (Fsp3) is 0.722. The molecule has 1 N–H and O–H groups in total. The number of aryl methyl sites for hydroxylation is 1. The summed E-state index contributed by atoms with van der Waals surface area (Å²) in [7, 11) is -3.82. The molecule has 0 radical (unpaired) electrons. The van der Waals surface area contributed by atoms with E-state index >= 15 is 0 Å². The SMILES string of the molecule is Cc1nc(C(F)(F)F)ccc1S(=O)(=O)N1CC2(CC(NCC3(C)COC3)C2)C1. The maximum Gasteiger partial charge on any atom is 0.433 e. The molecular weight excluding hydrogens is 395 g/mol. The third-order valence-electron chi connectivity index (χ3n) is 6.05. The van der Waals surface area contributed by atoms with Gasteiger partial charge in [-0.25, -0.2) is 13.4 Å². The van der Waals surface area contributed by atoms with Crippen molar-refractivity contribution < 1.29 is 26.3 Å². The van der Waals surface area contributed by atoms with E-state index in [1.165, 1.54) is 11.2 Å². The van der Waals surface area contributed by atoms with Crippen LogP contribution in [0.15, 0.2) is 17.0 Å². The number of aromatic nitrogens is 1. The summed E-state index contributed by atoms with van der Waals surface area (Å²) >= 11 is 0. The molecule has 0 unspecified atom stereocenters. The summed E-state index contributed by atoms with van der Waals surface area (Å²) in [6.45, 7) is 6.73. The average molecular weight is 419 g/mol. The van der Waals surface area contributed by atoms with Gasteiger partial charge in [-0.2, -0.15) is 17.5 Å². The molecule has 28 heavy (non-hydrogen) atoms. The Hall–Kier alpha value is -1.23. The monoisotopic (exact) mass is 419 g/mol. The molecule has 6 nitrogen and oxygen atoms in total. The lowest BCUT2D eigenvalue weighted by atomic mass is 9.61. The van der Waals surface area contributed by atoms with Crippen molar-refractivity contribution in [1.29, 1.82) is 0 Å². The van der Waals surface area contributed by atoms with Crippen molar-refractivity contribution in [3.63, 3.8) is 0 Å². The molecule has 1 aromatic heterocycles. The van der Waals surface area contributed by atoms with E-state index in [2.05, 4.69) is 17.2 Å². The summed E-state index contributed by atoms with van der Waals surface area (Å²) in [6.07, 6.45) is -2.76. The van der Waals surface area contributed by atoms with Crippen LogP contribution < -0.4 is 5.32 Å². The van der Waals surface area contributed by atoms with Crippen LogP contribution in [0.1, 0.15) is 31.2 Å². The molecule has 0 aromatic carbocycles. The molecule has 0 atom stereocenters. The van der Waals surface area contributed by atoms with Gasteiger partial charge in [-0.15, -0.1) is 0 Å². The standard InChI is InChI=1S/C18H24F3N3O3S/c1-12-14(3-4-15(23-12)18(19,20)21)28(25,26)24-8-17(9-24)5-13(6-17)22-7-16(2)10-27-11-16/h3-4,13,22H,5-11H2,1-2H3. The minimum absolute atomic E-state index is 0.00496. The Bertz CT molecular complexity index is 870. The summed E-state index contributed by atoms with van der Waals surface area (Å²) in [5, 5.41) is 3.54. The Kier molecular flexibility index (Phi) is 4.57. The molecule has 2 saturated heterocycles. The van der Waals surface area contributed by atoms with Gasteiger partial charge < -0.3 is 10.1 Å². The quantitative estimate of drug-likeness (QED) is 0.792. The minimum atomic E-state index is -4.59. The molecule has 1 spiro atoms. The Morgan fingerprint density at radius 3 is 2.43 bits per heavy atom. The van der Waals surface area contributed by atoms with E-state index in [0.717, 1.165) is 44.7 Å². The predicted molar refractivity (Wildman–Crippen MR) is 95.1 cm³/mol. The zero-order valence-electron chi connectivity index (χ0n) is 15.8. The van der Waals surface area contributed by atoms with Crippen LogP contribution in [0, 0.1) is 17.8 Å². The highest BCUT2D eigenvalue weighted by atomic mass is 32.2. The molecular formula is C18H24F3N3O3S. The second-order valence-corrected chi connectivity index (χ2v) is 10.7. The van der Waals surface area contributed by atoms with Crippen LogP contribution in [0.3, 0.4) is 0 Å². The number of ether oxygens (including phenoxy) is 1. The van der Waals surface area contributed by atoms with Crippen LogP contribution in [0.5, 0.6) is 0 Å². The van der Waals surface area contributed by atoms with E-state index in [1.807, 2.05) is 0 Å². The second kappa shape index (κ2) is 6.38. The number of hydrogen-bond donors (Lipinski definition) is 1. The third kappa shape index (κ3) is 3.44. The molecule has 0 bridgehead atoms. The Morgan fingerprint density at radius 2 is 1.93 bits per heavy atom. The molecule has 0 amide bonds. The summed E-state index contributed by atoms with van der Waals surface area (Å²) in [4.78, 5) is 3.29. The minimum Gasteiger partial charge on any atom is -0.380 e. The molecule has 3 aliphatic rings. The largest absolute Gasteiger partial charge is 0.433 e. The van der Waals surface area contributed by atoms with Gasteiger partial charge in [-0.05, 0) is 31.9 Å². The zero-order valence-corrected chi connectivity index (χ0v) is 16.7. The fourth-order valence-corrected chi connectivity index (χ4v) is 6.15. The van der Waals surface area contributed by atoms with Gasteiger partial charge in [0.1, 0.15) is 10.6 Å². The van der Waals surface area contributed by atoms with Crippen molar-refractivity contribution in [3.8, 4) is 0 Å². The lowest BCUT2D eigenvalue weighted by Gasteiger charge is -2.58. The van der Waals surface area contributed by atoms with Crippen LogP contribution >= 0.6 is 0 Å². The van der Waals surface area contributed by atoms with Crippen molar-refractivity contribution in [2.45, 2.75) is 43.8 Å². The van der Waals surface area contributed by atoms with E-state index < -0.39 is 21.9 Å². The molecule has 2 aliphatic heterocycles. The van der Waals surface area contributed by atoms with Gasteiger partial charge in [0.25, 0.3) is 0 Å². The van der Waals surface area contributed by atoms with Crippen LogP contribution in [0.2, 0.25) is 0 Å². The van der Waals surface area contributed by atoms with E-state index in [-0.39, 0.29) is 21.4 Å². The van der Waals surface area contributed by atoms with E-state index in [1.54, 1.807) is 0 Å². The highest BCUT2D eigenvalue weighted by molar-refractivity contribution is 7.89. The Balaban J connectivity index is 1.34. The first-order valence-corrected chi connectivity index (χ1v) is 10.7. The first-order chi connectivity index (χ1) is 12.9. The molecule has 1 saturated carbocycles. The van der Waals surface area contributed by atoms with Crippen LogP contribution in [0.25, 0.3) is 0 Å². The van der Waals surface area contributed by atoms with Gasteiger partial charge in [-0.3, -0.25) is 0 Å². The number of pyridine rings is 1. The molecule has 3 heterocycles. The first kappa shape index (κ1) is 20.1. The van der Waals surface area contributed by atoms with Gasteiger partial charge in [0.15, 0.2) is 0 Å². The maximum atomic E-state index is 12.8.